The molecule has 8 heteroatoms. The summed E-state index contributed by atoms with van der Waals surface area (Å²) in [5.41, 5.74) is 3.78. The maximum Gasteiger partial charge on any atom is 0.338 e. The molecule has 110 valence electrons. The summed E-state index contributed by atoms with van der Waals surface area (Å²) >= 11 is 0. The molecule has 2 aromatic carbocycles. The van der Waals surface area contributed by atoms with Crippen LogP contribution in [0.2, 0.25) is 0 Å². The Morgan fingerprint density at radius 1 is 1.00 bits per heavy atom. The van der Waals surface area contributed by atoms with Gasteiger partial charge in [-0.2, -0.15) is 0 Å². The molecule has 0 bridgehead atoms. The van der Waals surface area contributed by atoms with E-state index in [0.29, 0.717) is 18.2 Å². The number of rotatable bonds is 3. The summed E-state index contributed by atoms with van der Waals surface area (Å²) in [6, 6.07) is 2.51. The average Bonchev–Trinajstić information content (AvgIpc) is 2.38. The van der Waals surface area contributed by atoms with Crippen molar-refractivity contribution in [3.63, 3.8) is 0 Å². The minimum absolute atomic E-state index is 0.221. The number of aromatic carboxylic acids is 1. The Labute approximate surface area is 115 Å². The van der Waals surface area contributed by atoms with Gasteiger partial charge in [0.25, 0.3) is 0 Å². The second-order valence-corrected chi connectivity index (χ2v) is 4.10. The first-order chi connectivity index (χ1) is 9.79. The molecule has 2 rings (SSSR count). The lowest BCUT2D eigenvalue weighted by Crippen LogP contribution is -2.06. The summed E-state index contributed by atoms with van der Waals surface area (Å²) < 4.78 is 53.1. The molecule has 4 N–H and O–H groups in total. The first kappa shape index (κ1) is 14.6. The Kier molecular flexibility index (Phi) is 3.70. The van der Waals surface area contributed by atoms with Crippen molar-refractivity contribution in [1.82, 2.24) is 0 Å². The van der Waals surface area contributed by atoms with Gasteiger partial charge in [0.2, 0.25) is 0 Å². The van der Waals surface area contributed by atoms with Gasteiger partial charge in [0.1, 0.15) is 11.6 Å². The fraction of sp³-hybridized carbons (Fsp3) is 0. The molecular weight excluding hydrogens is 292 g/mol. The Hall–Kier alpha value is -2.77. The van der Waals surface area contributed by atoms with Crippen molar-refractivity contribution < 1.29 is 27.5 Å². The van der Waals surface area contributed by atoms with Crippen molar-refractivity contribution >= 4 is 23.0 Å². The molecule has 4 nitrogen and oxygen atoms in total. The predicted octanol–water partition coefficient (Wildman–Crippen LogP) is 3.27. The number of hydrogen-bond acceptors (Lipinski definition) is 3. The van der Waals surface area contributed by atoms with Gasteiger partial charge in [-0.3, -0.25) is 0 Å². The predicted molar refractivity (Wildman–Crippen MR) is 67.4 cm³/mol. The summed E-state index contributed by atoms with van der Waals surface area (Å²) in [6.07, 6.45) is 0. The van der Waals surface area contributed by atoms with Gasteiger partial charge < -0.3 is 16.2 Å². The normalized spacial score (nSPS) is 10.5. The van der Waals surface area contributed by atoms with Crippen LogP contribution in [0.4, 0.5) is 34.6 Å². The minimum Gasteiger partial charge on any atom is -0.478 e. The van der Waals surface area contributed by atoms with Crippen molar-refractivity contribution in [2.45, 2.75) is 0 Å². The molecule has 21 heavy (non-hydrogen) atoms. The van der Waals surface area contributed by atoms with E-state index in [1.54, 1.807) is 0 Å². The molecule has 0 saturated carbocycles. The molecule has 0 heterocycles. The molecule has 0 aliphatic rings. The van der Waals surface area contributed by atoms with E-state index in [1.165, 1.54) is 0 Å². The van der Waals surface area contributed by atoms with Crippen LogP contribution in [0.25, 0.3) is 0 Å². The highest BCUT2D eigenvalue weighted by atomic mass is 19.2. The average molecular weight is 300 g/mol. The Bertz CT molecular complexity index is 735. The number of hydrogen-bond donors (Lipinski definition) is 3. The van der Waals surface area contributed by atoms with E-state index in [4.69, 9.17) is 10.8 Å². The molecule has 0 saturated heterocycles. The zero-order valence-electron chi connectivity index (χ0n) is 10.3. The monoisotopic (exact) mass is 300 g/mol. The molecule has 0 unspecified atom stereocenters. The molecule has 0 aliphatic carbocycles. The summed E-state index contributed by atoms with van der Waals surface area (Å²) in [4.78, 5) is 10.7. The zero-order valence-corrected chi connectivity index (χ0v) is 10.3. The number of carboxylic acid groups (broad SMARTS) is 1. The molecule has 0 atom stereocenters. The van der Waals surface area contributed by atoms with E-state index in [1.807, 2.05) is 0 Å². The molecule has 2 aromatic rings. The molecule has 0 aromatic heterocycles. The quantitative estimate of drug-likeness (QED) is 0.462. The summed E-state index contributed by atoms with van der Waals surface area (Å²) in [5.74, 6) is -6.51. The van der Waals surface area contributed by atoms with Crippen LogP contribution in [-0.4, -0.2) is 11.1 Å². The largest absolute Gasteiger partial charge is 0.478 e. The Balaban J connectivity index is 2.46. The highest BCUT2D eigenvalue weighted by Gasteiger charge is 2.16. The molecule has 0 radical (unpaired) electrons. The van der Waals surface area contributed by atoms with E-state index >= 15 is 0 Å². The van der Waals surface area contributed by atoms with Crippen LogP contribution in [0.1, 0.15) is 10.4 Å². The highest BCUT2D eigenvalue weighted by molar-refractivity contribution is 5.91. The van der Waals surface area contributed by atoms with Gasteiger partial charge in [0, 0.05) is 18.2 Å². The number of carboxylic acids is 1. The number of halogens is 4. The van der Waals surface area contributed by atoms with Gasteiger partial charge in [-0.1, -0.05) is 0 Å². The van der Waals surface area contributed by atoms with Crippen LogP contribution in [0.15, 0.2) is 24.3 Å². The lowest BCUT2D eigenvalue weighted by molar-refractivity contribution is 0.0692. The van der Waals surface area contributed by atoms with Gasteiger partial charge in [-0.25, -0.2) is 22.4 Å². The van der Waals surface area contributed by atoms with Crippen molar-refractivity contribution in [1.29, 1.82) is 0 Å². The van der Waals surface area contributed by atoms with E-state index in [-0.39, 0.29) is 11.4 Å². The SMILES string of the molecule is Nc1cc(C(=O)O)c(F)cc1Nc1cc(F)cc(F)c1F. The lowest BCUT2D eigenvalue weighted by atomic mass is 10.1. The third-order valence-electron chi connectivity index (χ3n) is 2.63. The van der Waals surface area contributed by atoms with Crippen molar-refractivity contribution in [3.05, 3.63) is 53.1 Å². The van der Waals surface area contributed by atoms with Crippen LogP contribution >= 0.6 is 0 Å². The summed E-state index contributed by atoms with van der Waals surface area (Å²) in [5, 5.41) is 10.9. The second-order valence-electron chi connectivity index (χ2n) is 4.10. The topological polar surface area (TPSA) is 75.4 Å². The third kappa shape index (κ3) is 2.88. The van der Waals surface area contributed by atoms with Gasteiger partial charge in [-0.05, 0) is 6.07 Å². The van der Waals surface area contributed by atoms with Crippen molar-refractivity contribution in [2.75, 3.05) is 11.1 Å². The third-order valence-corrected chi connectivity index (χ3v) is 2.63. The molecule has 0 spiro atoms. The second kappa shape index (κ2) is 5.31. The van der Waals surface area contributed by atoms with Crippen LogP contribution in [0.3, 0.4) is 0 Å². The number of nitrogens with one attached hydrogen (secondary N) is 1. The van der Waals surface area contributed by atoms with Crippen LogP contribution in [0, 0.1) is 23.3 Å². The Morgan fingerprint density at radius 3 is 2.29 bits per heavy atom. The van der Waals surface area contributed by atoms with Crippen LogP contribution in [-0.2, 0) is 0 Å². The highest BCUT2D eigenvalue weighted by Crippen LogP contribution is 2.29. The molecule has 0 aliphatic heterocycles. The summed E-state index contributed by atoms with van der Waals surface area (Å²) in [6.45, 7) is 0. The molecule has 0 fully saturated rings. The van der Waals surface area contributed by atoms with Gasteiger partial charge >= 0.3 is 5.97 Å². The molecule has 0 amide bonds. The number of anilines is 3. The van der Waals surface area contributed by atoms with Crippen molar-refractivity contribution in [2.24, 2.45) is 0 Å². The zero-order chi connectivity index (χ0) is 15.7. The number of nitrogen functional groups attached to an aromatic ring is 1. The number of carbonyl (C=O) groups is 1. The maximum atomic E-state index is 13.5. The van der Waals surface area contributed by atoms with E-state index in [9.17, 15) is 22.4 Å². The van der Waals surface area contributed by atoms with Crippen LogP contribution < -0.4 is 11.1 Å². The molecular formula is C13H8F4N2O2. The first-order valence-corrected chi connectivity index (χ1v) is 5.53. The fourth-order valence-electron chi connectivity index (χ4n) is 1.65. The first-order valence-electron chi connectivity index (χ1n) is 5.53. The standard InChI is InChI=1S/C13H8F4N2O2/c14-5-1-8(16)12(17)11(2-5)19-10-4-7(15)6(13(20)21)3-9(10)18/h1-4,19H,18H2,(H,20,21). The lowest BCUT2D eigenvalue weighted by Gasteiger charge is -2.12. The van der Waals surface area contributed by atoms with Gasteiger partial charge in [-0.15, -0.1) is 0 Å². The summed E-state index contributed by atoms with van der Waals surface area (Å²) in [7, 11) is 0. The maximum absolute atomic E-state index is 13.5. The smallest absolute Gasteiger partial charge is 0.338 e. The van der Waals surface area contributed by atoms with Gasteiger partial charge in [0.15, 0.2) is 11.6 Å². The number of benzene rings is 2. The number of nitrogens with two attached hydrogens (primary N) is 1. The van der Waals surface area contributed by atoms with E-state index in [2.05, 4.69) is 5.32 Å². The minimum atomic E-state index is -1.53. The van der Waals surface area contributed by atoms with E-state index < -0.39 is 40.5 Å². The van der Waals surface area contributed by atoms with E-state index in [0.717, 1.165) is 6.07 Å². The Morgan fingerprint density at radius 2 is 1.67 bits per heavy atom. The van der Waals surface area contributed by atoms with Crippen molar-refractivity contribution in [3.8, 4) is 0 Å². The van der Waals surface area contributed by atoms with Gasteiger partial charge in [0.05, 0.1) is 22.6 Å². The fourth-order valence-corrected chi connectivity index (χ4v) is 1.65. The van der Waals surface area contributed by atoms with Crippen LogP contribution in [0.5, 0.6) is 0 Å².